The summed E-state index contributed by atoms with van der Waals surface area (Å²) in [5.41, 5.74) is 2.13. The number of carbonyl (C=O) groups excluding carboxylic acids is 1. The lowest BCUT2D eigenvalue weighted by Crippen LogP contribution is -2.23. The average molecular weight is 398 g/mol. The van der Waals surface area contributed by atoms with Crippen molar-refractivity contribution in [1.82, 2.24) is 5.32 Å². The van der Waals surface area contributed by atoms with E-state index in [2.05, 4.69) is 5.32 Å². The summed E-state index contributed by atoms with van der Waals surface area (Å²) >= 11 is 1.92. The van der Waals surface area contributed by atoms with Gasteiger partial charge in [0.05, 0.1) is 0 Å². The summed E-state index contributed by atoms with van der Waals surface area (Å²) in [4.78, 5) is 12.8. The maximum atomic E-state index is 13.8. The molecule has 1 aliphatic carbocycles. The molecule has 0 aliphatic heterocycles. The van der Waals surface area contributed by atoms with Crippen molar-refractivity contribution in [2.75, 3.05) is 0 Å². The van der Waals surface area contributed by atoms with Gasteiger partial charge in [0.2, 0.25) is 0 Å². The zero-order valence-corrected chi connectivity index (χ0v) is 16.6. The molecule has 1 fully saturated rings. The molecule has 4 rings (SSSR count). The van der Waals surface area contributed by atoms with Crippen molar-refractivity contribution < 1.29 is 13.6 Å². The highest BCUT2D eigenvalue weighted by molar-refractivity contribution is 7.99. The number of para-hydroxylation sites is 1. The van der Waals surface area contributed by atoms with Gasteiger partial charge in [0.15, 0.2) is 5.76 Å². The predicted molar refractivity (Wildman–Crippen MR) is 112 cm³/mol. The fraction of sp³-hybridized carbons (Fsp3) is 0.348. The van der Waals surface area contributed by atoms with Crippen molar-refractivity contribution in [2.24, 2.45) is 0 Å². The van der Waals surface area contributed by atoms with Crippen LogP contribution in [0.15, 0.2) is 52.9 Å². The number of amides is 1. The third-order valence-electron chi connectivity index (χ3n) is 5.32. The average Bonchev–Trinajstić information content (AvgIpc) is 3.11. The molecule has 2 aromatic carbocycles. The van der Waals surface area contributed by atoms with Crippen LogP contribution in [0.5, 0.6) is 0 Å². The standard InChI is InChI=1S/C23H24FNO2S/c24-20-12-6-4-8-16(20)14-25-23(26)22-19(15-28-17-9-2-1-3-10-17)18-11-5-7-13-21(18)27-22/h4-8,11-13,17H,1-3,9-10,14-15H2,(H,25,26). The third kappa shape index (κ3) is 4.25. The predicted octanol–water partition coefficient (Wildman–Crippen LogP) is 6.07. The second kappa shape index (κ2) is 8.82. The van der Waals surface area contributed by atoms with Gasteiger partial charge in [0.25, 0.3) is 5.91 Å². The first-order valence-corrected chi connectivity index (χ1v) is 10.9. The van der Waals surface area contributed by atoms with Gasteiger partial charge in [-0.15, -0.1) is 0 Å². The molecule has 146 valence electrons. The van der Waals surface area contributed by atoms with Crippen molar-refractivity contribution in [3.05, 3.63) is 71.2 Å². The van der Waals surface area contributed by atoms with Crippen LogP contribution in [-0.4, -0.2) is 11.2 Å². The summed E-state index contributed by atoms with van der Waals surface area (Å²) < 4.78 is 19.7. The summed E-state index contributed by atoms with van der Waals surface area (Å²) in [5.74, 6) is 0.490. The molecule has 0 atom stereocenters. The van der Waals surface area contributed by atoms with Gasteiger partial charge in [-0.05, 0) is 25.0 Å². The van der Waals surface area contributed by atoms with E-state index >= 15 is 0 Å². The van der Waals surface area contributed by atoms with Gasteiger partial charge in [-0.25, -0.2) is 4.39 Å². The molecule has 5 heteroatoms. The Labute approximate surface area is 168 Å². The largest absolute Gasteiger partial charge is 0.451 e. The van der Waals surface area contributed by atoms with Gasteiger partial charge < -0.3 is 9.73 Å². The Bertz CT molecular complexity index is 962. The lowest BCUT2D eigenvalue weighted by Gasteiger charge is -2.20. The molecule has 0 radical (unpaired) electrons. The van der Waals surface area contributed by atoms with Crippen LogP contribution in [0.1, 0.15) is 53.8 Å². The van der Waals surface area contributed by atoms with E-state index in [-0.39, 0.29) is 18.3 Å². The van der Waals surface area contributed by atoms with E-state index < -0.39 is 0 Å². The van der Waals surface area contributed by atoms with Crippen LogP contribution in [0.2, 0.25) is 0 Å². The normalized spacial score (nSPS) is 15.0. The third-order valence-corrected chi connectivity index (χ3v) is 6.72. The quantitative estimate of drug-likeness (QED) is 0.549. The minimum Gasteiger partial charge on any atom is -0.451 e. The molecule has 0 spiro atoms. The first kappa shape index (κ1) is 19.1. The summed E-state index contributed by atoms with van der Waals surface area (Å²) in [6, 6.07) is 14.2. The lowest BCUT2D eigenvalue weighted by atomic mass is 10.0. The molecule has 0 bridgehead atoms. The van der Waals surface area contributed by atoms with Crippen LogP contribution >= 0.6 is 11.8 Å². The Morgan fingerprint density at radius 3 is 2.64 bits per heavy atom. The number of hydrogen-bond donors (Lipinski definition) is 1. The Morgan fingerprint density at radius 1 is 1.07 bits per heavy atom. The molecule has 1 aliphatic rings. The summed E-state index contributed by atoms with van der Waals surface area (Å²) in [7, 11) is 0. The number of halogens is 1. The zero-order valence-electron chi connectivity index (χ0n) is 15.7. The van der Waals surface area contributed by atoms with Gasteiger partial charge in [0.1, 0.15) is 11.4 Å². The summed E-state index contributed by atoms with van der Waals surface area (Å²) in [5, 5.41) is 4.45. The topological polar surface area (TPSA) is 42.2 Å². The van der Waals surface area contributed by atoms with E-state index in [1.807, 2.05) is 36.0 Å². The number of rotatable bonds is 6. The van der Waals surface area contributed by atoms with Crippen LogP contribution in [0.3, 0.4) is 0 Å². The van der Waals surface area contributed by atoms with E-state index in [0.717, 1.165) is 22.3 Å². The second-order valence-corrected chi connectivity index (χ2v) is 8.54. The molecule has 3 nitrogen and oxygen atoms in total. The van der Waals surface area contributed by atoms with Crippen LogP contribution in [0.4, 0.5) is 4.39 Å². The molecule has 1 N–H and O–H groups in total. The van der Waals surface area contributed by atoms with Crippen LogP contribution in [0, 0.1) is 5.82 Å². The van der Waals surface area contributed by atoms with Gasteiger partial charge in [0, 0.05) is 34.1 Å². The maximum absolute atomic E-state index is 13.8. The molecule has 1 heterocycles. The minimum absolute atomic E-state index is 0.137. The molecule has 1 amide bonds. The van der Waals surface area contributed by atoms with Gasteiger partial charge in [-0.3, -0.25) is 4.79 Å². The number of thioether (sulfide) groups is 1. The molecule has 1 aromatic heterocycles. The Kier molecular flexibility index (Phi) is 6.01. The van der Waals surface area contributed by atoms with Crippen LogP contribution in [0.25, 0.3) is 11.0 Å². The second-order valence-electron chi connectivity index (χ2n) is 7.25. The molecule has 0 saturated heterocycles. The zero-order chi connectivity index (χ0) is 19.3. The smallest absolute Gasteiger partial charge is 0.287 e. The number of benzene rings is 2. The van der Waals surface area contributed by atoms with Crippen LogP contribution in [-0.2, 0) is 12.3 Å². The number of hydrogen-bond acceptors (Lipinski definition) is 3. The maximum Gasteiger partial charge on any atom is 0.287 e. The van der Waals surface area contributed by atoms with Crippen molar-refractivity contribution in [3.63, 3.8) is 0 Å². The van der Waals surface area contributed by atoms with Gasteiger partial charge in [-0.1, -0.05) is 55.7 Å². The molecule has 28 heavy (non-hydrogen) atoms. The van der Waals surface area contributed by atoms with Crippen molar-refractivity contribution in [1.29, 1.82) is 0 Å². The lowest BCUT2D eigenvalue weighted by molar-refractivity contribution is 0.0924. The number of furan rings is 1. The molecule has 0 unspecified atom stereocenters. The van der Waals surface area contributed by atoms with E-state index in [9.17, 15) is 9.18 Å². The molecule has 1 saturated carbocycles. The van der Waals surface area contributed by atoms with Crippen molar-refractivity contribution in [3.8, 4) is 0 Å². The minimum atomic E-state index is -0.319. The van der Waals surface area contributed by atoms with E-state index in [1.165, 1.54) is 38.2 Å². The molecule has 3 aromatic rings. The van der Waals surface area contributed by atoms with Gasteiger partial charge in [-0.2, -0.15) is 11.8 Å². The number of carbonyl (C=O) groups is 1. The highest BCUT2D eigenvalue weighted by Gasteiger charge is 2.22. The summed E-state index contributed by atoms with van der Waals surface area (Å²) in [6.07, 6.45) is 6.40. The van der Waals surface area contributed by atoms with Gasteiger partial charge >= 0.3 is 0 Å². The van der Waals surface area contributed by atoms with E-state index in [4.69, 9.17) is 4.42 Å². The Balaban J connectivity index is 1.53. The van der Waals surface area contributed by atoms with E-state index in [0.29, 0.717) is 16.6 Å². The van der Waals surface area contributed by atoms with Crippen LogP contribution < -0.4 is 5.32 Å². The first-order valence-electron chi connectivity index (χ1n) is 9.86. The highest BCUT2D eigenvalue weighted by Crippen LogP contribution is 2.35. The monoisotopic (exact) mass is 397 g/mol. The SMILES string of the molecule is O=C(NCc1ccccc1F)c1oc2ccccc2c1CSC1CCCCC1. The number of nitrogens with one attached hydrogen (secondary N) is 1. The number of fused-ring (bicyclic) bond motifs is 1. The van der Waals surface area contributed by atoms with Crippen molar-refractivity contribution in [2.45, 2.75) is 49.7 Å². The first-order chi connectivity index (χ1) is 13.7. The van der Waals surface area contributed by atoms with Crippen molar-refractivity contribution >= 4 is 28.6 Å². The fourth-order valence-electron chi connectivity index (χ4n) is 3.76. The summed E-state index contributed by atoms with van der Waals surface area (Å²) in [6.45, 7) is 0.137. The fourth-order valence-corrected chi connectivity index (χ4v) is 5.11. The highest BCUT2D eigenvalue weighted by atomic mass is 32.2. The molecular formula is C23H24FNO2S. The molecular weight excluding hydrogens is 373 g/mol. The Hall–Kier alpha value is -2.27. The Morgan fingerprint density at radius 2 is 1.82 bits per heavy atom. The van der Waals surface area contributed by atoms with E-state index in [1.54, 1.807) is 18.2 Å².